The van der Waals surface area contributed by atoms with Crippen LogP contribution in [0.15, 0.2) is 18.2 Å². The molecule has 1 saturated carbocycles. The van der Waals surface area contributed by atoms with E-state index in [1.807, 2.05) is 25.1 Å². The van der Waals surface area contributed by atoms with Crippen LogP contribution in [-0.4, -0.2) is 18.6 Å². The molecule has 0 aromatic heterocycles. The first kappa shape index (κ1) is 11.0. The van der Waals surface area contributed by atoms with Gasteiger partial charge >= 0.3 is 0 Å². The van der Waals surface area contributed by atoms with Crippen LogP contribution in [0.5, 0.6) is 5.75 Å². The zero-order valence-corrected chi connectivity index (χ0v) is 9.54. The predicted octanol–water partition coefficient (Wildman–Crippen LogP) is 1.43. The number of anilines is 1. The van der Waals surface area contributed by atoms with Crippen LogP contribution in [0.4, 0.5) is 5.69 Å². The van der Waals surface area contributed by atoms with E-state index in [0.717, 1.165) is 29.8 Å². The largest absolute Gasteiger partial charge is 0.497 e. The number of hydrogen-bond donors (Lipinski definition) is 2. The lowest BCUT2D eigenvalue weighted by Gasteiger charge is -2.12. The van der Waals surface area contributed by atoms with Gasteiger partial charge in [-0.2, -0.15) is 0 Å². The number of hydrogen-bond acceptors (Lipinski definition) is 3. The molecule has 1 aromatic rings. The van der Waals surface area contributed by atoms with E-state index in [1.54, 1.807) is 7.11 Å². The number of methoxy groups -OCH3 is 1. The summed E-state index contributed by atoms with van der Waals surface area (Å²) in [6, 6.07) is 5.53. The highest BCUT2D eigenvalue weighted by Crippen LogP contribution is 2.33. The molecule has 0 heterocycles. The molecule has 0 bridgehead atoms. The third-order valence-electron chi connectivity index (χ3n) is 2.92. The lowest BCUT2D eigenvalue weighted by atomic mass is 10.1. The number of ether oxygens (including phenoxy) is 1. The smallest absolute Gasteiger partial charge is 0.244 e. The SMILES string of the molecule is COc1ccc(NC(=O)C2(N)CC2)c(C)c1. The molecule has 0 aliphatic heterocycles. The molecule has 1 aromatic carbocycles. The maximum Gasteiger partial charge on any atom is 0.244 e. The standard InChI is InChI=1S/C12H16N2O2/c1-8-7-9(16-2)3-4-10(8)14-11(15)12(13)5-6-12/h3-4,7H,5-6,13H2,1-2H3,(H,14,15). The van der Waals surface area contributed by atoms with Crippen molar-refractivity contribution >= 4 is 11.6 Å². The van der Waals surface area contributed by atoms with Crippen molar-refractivity contribution in [1.29, 1.82) is 0 Å². The first-order chi connectivity index (χ1) is 7.55. The number of aryl methyl sites for hydroxylation is 1. The van der Waals surface area contributed by atoms with Crippen LogP contribution in [0.3, 0.4) is 0 Å². The molecule has 16 heavy (non-hydrogen) atoms. The van der Waals surface area contributed by atoms with Gasteiger partial charge in [0.2, 0.25) is 5.91 Å². The Balaban J connectivity index is 2.12. The van der Waals surface area contributed by atoms with Gasteiger partial charge in [-0.15, -0.1) is 0 Å². The molecule has 4 nitrogen and oxygen atoms in total. The molecular weight excluding hydrogens is 204 g/mol. The summed E-state index contributed by atoms with van der Waals surface area (Å²) < 4.78 is 5.10. The Kier molecular flexibility index (Phi) is 2.59. The minimum Gasteiger partial charge on any atom is -0.497 e. The number of nitrogens with two attached hydrogens (primary N) is 1. The van der Waals surface area contributed by atoms with Crippen LogP contribution in [0.1, 0.15) is 18.4 Å². The van der Waals surface area contributed by atoms with Gasteiger partial charge in [-0.3, -0.25) is 4.79 Å². The van der Waals surface area contributed by atoms with Crippen molar-refractivity contribution in [1.82, 2.24) is 0 Å². The van der Waals surface area contributed by atoms with Crippen LogP contribution in [0, 0.1) is 6.92 Å². The molecule has 1 aliphatic rings. The Bertz CT molecular complexity index is 425. The van der Waals surface area contributed by atoms with E-state index < -0.39 is 5.54 Å². The number of carbonyl (C=O) groups is 1. The van der Waals surface area contributed by atoms with Gasteiger partial charge in [-0.05, 0) is 43.5 Å². The van der Waals surface area contributed by atoms with Gasteiger partial charge in [0.1, 0.15) is 5.75 Å². The topological polar surface area (TPSA) is 64.3 Å². The van der Waals surface area contributed by atoms with E-state index in [-0.39, 0.29) is 5.91 Å². The maximum atomic E-state index is 11.7. The molecule has 0 saturated heterocycles. The summed E-state index contributed by atoms with van der Waals surface area (Å²) in [5, 5.41) is 2.84. The van der Waals surface area contributed by atoms with Gasteiger partial charge in [-0.25, -0.2) is 0 Å². The molecule has 0 unspecified atom stereocenters. The molecule has 1 aliphatic carbocycles. The average Bonchev–Trinajstić information content (AvgIpc) is 3.01. The van der Waals surface area contributed by atoms with E-state index in [1.165, 1.54) is 0 Å². The Morgan fingerprint density at radius 1 is 1.50 bits per heavy atom. The molecule has 2 rings (SSSR count). The van der Waals surface area contributed by atoms with Gasteiger partial charge in [-0.1, -0.05) is 0 Å². The van der Waals surface area contributed by atoms with Crippen molar-refractivity contribution in [3.05, 3.63) is 23.8 Å². The van der Waals surface area contributed by atoms with E-state index in [2.05, 4.69) is 5.32 Å². The van der Waals surface area contributed by atoms with Crippen molar-refractivity contribution in [3.8, 4) is 5.75 Å². The normalized spacial score (nSPS) is 16.7. The quantitative estimate of drug-likeness (QED) is 0.810. The summed E-state index contributed by atoms with van der Waals surface area (Å²) in [7, 11) is 1.62. The number of benzene rings is 1. The van der Waals surface area contributed by atoms with E-state index in [9.17, 15) is 4.79 Å². The van der Waals surface area contributed by atoms with Crippen LogP contribution >= 0.6 is 0 Å². The Morgan fingerprint density at radius 3 is 2.69 bits per heavy atom. The summed E-state index contributed by atoms with van der Waals surface area (Å²) in [4.78, 5) is 11.7. The molecule has 0 atom stereocenters. The first-order valence-electron chi connectivity index (χ1n) is 5.30. The molecule has 1 fully saturated rings. The molecule has 0 radical (unpaired) electrons. The van der Waals surface area contributed by atoms with Crippen molar-refractivity contribution in [2.45, 2.75) is 25.3 Å². The predicted molar refractivity (Wildman–Crippen MR) is 62.5 cm³/mol. The summed E-state index contributed by atoms with van der Waals surface area (Å²) in [6.07, 6.45) is 1.54. The number of rotatable bonds is 3. The molecule has 4 heteroatoms. The molecule has 0 spiro atoms. The second-order valence-corrected chi connectivity index (χ2v) is 4.29. The van der Waals surface area contributed by atoms with Crippen molar-refractivity contribution in [3.63, 3.8) is 0 Å². The average molecular weight is 220 g/mol. The van der Waals surface area contributed by atoms with Crippen LogP contribution in [0.2, 0.25) is 0 Å². The van der Waals surface area contributed by atoms with Gasteiger partial charge in [0, 0.05) is 5.69 Å². The van der Waals surface area contributed by atoms with Gasteiger partial charge in [0.25, 0.3) is 0 Å². The number of amides is 1. The summed E-state index contributed by atoms with van der Waals surface area (Å²) >= 11 is 0. The monoisotopic (exact) mass is 220 g/mol. The van der Waals surface area contributed by atoms with E-state index >= 15 is 0 Å². The van der Waals surface area contributed by atoms with Crippen LogP contribution in [-0.2, 0) is 4.79 Å². The van der Waals surface area contributed by atoms with Crippen molar-refractivity contribution in [2.75, 3.05) is 12.4 Å². The highest BCUT2D eigenvalue weighted by molar-refractivity contribution is 6.00. The first-order valence-corrected chi connectivity index (χ1v) is 5.30. The summed E-state index contributed by atoms with van der Waals surface area (Å²) in [5.74, 6) is 0.685. The van der Waals surface area contributed by atoms with Gasteiger partial charge < -0.3 is 15.8 Å². The molecular formula is C12H16N2O2. The van der Waals surface area contributed by atoms with Gasteiger partial charge in [0.15, 0.2) is 0 Å². The lowest BCUT2D eigenvalue weighted by Crippen LogP contribution is -2.37. The third kappa shape index (κ3) is 2.02. The zero-order valence-electron chi connectivity index (χ0n) is 9.54. The fourth-order valence-electron chi connectivity index (χ4n) is 1.51. The lowest BCUT2D eigenvalue weighted by molar-refractivity contribution is -0.118. The Morgan fingerprint density at radius 2 is 2.19 bits per heavy atom. The van der Waals surface area contributed by atoms with Crippen LogP contribution in [0.25, 0.3) is 0 Å². The minimum atomic E-state index is -0.633. The fraction of sp³-hybridized carbons (Fsp3) is 0.417. The highest BCUT2D eigenvalue weighted by atomic mass is 16.5. The Hall–Kier alpha value is -1.55. The van der Waals surface area contributed by atoms with Crippen molar-refractivity contribution in [2.24, 2.45) is 5.73 Å². The molecule has 1 amide bonds. The summed E-state index contributed by atoms with van der Waals surface area (Å²) in [6.45, 7) is 1.92. The van der Waals surface area contributed by atoms with Crippen LogP contribution < -0.4 is 15.8 Å². The third-order valence-corrected chi connectivity index (χ3v) is 2.92. The number of nitrogens with one attached hydrogen (secondary N) is 1. The fourth-order valence-corrected chi connectivity index (χ4v) is 1.51. The molecule has 3 N–H and O–H groups in total. The van der Waals surface area contributed by atoms with E-state index in [4.69, 9.17) is 10.5 Å². The second kappa shape index (κ2) is 3.79. The van der Waals surface area contributed by atoms with Crippen molar-refractivity contribution < 1.29 is 9.53 Å². The van der Waals surface area contributed by atoms with E-state index in [0.29, 0.717) is 0 Å². The summed E-state index contributed by atoms with van der Waals surface area (Å²) in [5.41, 5.74) is 6.94. The highest BCUT2D eigenvalue weighted by Gasteiger charge is 2.45. The van der Waals surface area contributed by atoms with Gasteiger partial charge in [0.05, 0.1) is 12.6 Å². The zero-order chi connectivity index (χ0) is 11.8. The minimum absolute atomic E-state index is 0.0965. The molecule has 86 valence electrons. The number of carbonyl (C=O) groups excluding carboxylic acids is 1. The second-order valence-electron chi connectivity index (χ2n) is 4.29. The maximum absolute atomic E-state index is 11.7. The Labute approximate surface area is 94.8 Å².